The second-order valence-corrected chi connectivity index (χ2v) is 5.02. The molecule has 0 rings (SSSR count). The Bertz CT molecular complexity index is 381. The summed E-state index contributed by atoms with van der Waals surface area (Å²) in [5, 5.41) is 15.2. The Kier molecular flexibility index (Phi) is 17.4. The summed E-state index contributed by atoms with van der Waals surface area (Å²) in [5.41, 5.74) is 0. The van der Waals surface area contributed by atoms with E-state index in [-0.39, 0.29) is 44.7 Å². The second-order valence-electron chi connectivity index (χ2n) is 5.02. The van der Waals surface area contributed by atoms with Crippen molar-refractivity contribution in [2.75, 3.05) is 33.0 Å². The minimum Gasteiger partial charge on any atom is -0.460 e. The van der Waals surface area contributed by atoms with Gasteiger partial charge in [-0.25, -0.2) is 9.59 Å². The van der Waals surface area contributed by atoms with Crippen LogP contribution in [0.4, 0.5) is 0 Å². The Morgan fingerprint density at radius 2 is 1.28 bits per heavy atom. The van der Waals surface area contributed by atoms with E-state index in [1.54, 1.807) is 13.8 Å². The minimum atomic E-state index is -0.479. The highest BCUT2D eigenvalue weighted by Crippen LogP contribution is 2.01. The number of aliphatic hydroxyl groups excluding tert-OH is 2. The number of carbonyl (C=O) groups excluding carboxylic acids is 2. The molecule has 0 heterocycles. The first-order valence-electron chi connectivity index (χ1n) is 7.87. The van der Waals surface area contributed by atoms with Gasteiger partial charge in [0.2, 0.25) is 0 Å². The zero-order chi connectivity index (χ0) is 19.7. The zero-order valence-electron chi connectivity index (χ0n) is 15.2. The number of aliphatic hydroxyl groups is 2. The van der Waals surface area contributed by atoms with Crippen molar-refractivity contribution in [2.24, 2.45) is 0 Å². The van der Waals surface area contributed by atoms with E-state index in [2.05, 4.69) is 13.2 Å². The van der Waals surface area contributed by atoms with Gasteiger partial charge in [0, 0.05) is 12.2 Å². The van der Waals surface area contributed by atoms with Gasteiger partial charge in [-0.05, 0) is 20.8 Å². The number of hydrogen-bond acceptors (Lipinski definition) is 8. The summed E-state index contributed by atoms with van der Waals surface area (Å²) in [6.07, 6.45) is 1.44. The third-order valence-electron chi connectivity index (χ3n) is 2.44. The second kappa shape index (κ2) is 17.1. The van der Waals surface area contributed by atoms with Gasteiger partial charge in [0.05, 0.1) is 38.6 Å². The third-order valence-corrected chi connectivity index (χ3v) is 2.44. The highest BCUT2D eigenvalue weighted by atomic mass is 16.6. The molecule has 0 bridgehead atoms. The van der Waals surface area contributed by atoms with E-state index < -0.39 is 11.9 Å². The van der Waals surface area contributed by atoms with Crippen molar-refractivity contribution in [1.82, 2.24) is 0 Å². The largest absolute Gasteiger partial charge is 0.460 e. The first kappa shape index (κ1) is 25.5. The summed E-state index contributed by atoms with van der Waals surface area (Å²) in [4.78, 5) is 21.8. The van der Waals surface area contributed by atoms with Crippen LogP contribution in [0.3, 0.4) is 0 Å². The lowest BCUT2D eigenvalue weighted by Gasteiger charge is -2.19. The van der Waals surface area contributed by atoms with Crippen molar-refractivity contribution >= 4 is 11.9 Å². The van der Waals surface area contributed by atoms with Gasteiger partial charge in [-0.15, -0.1) is 0 Å². The van der Waals surface area contributed by atoms with Gasteiger partial charge in [0.15, 0.2) is 0 Å². The number of carbonyl (C=O) groups is 2. The summed E-state index contributed by atoms with van der Waals surface area (Å²) >= 11 is 0. The molecule has 0 saturated carbocycles. The SMILES string of the molecule is C=CC(=O)OCC(C)OCC(C)OCC(C)OC(=O)C=C.OCCO. The molecule has 0 amide bonds. The maximum atomic E-state index is 11.0. The summed E-state index contributed by atoms with van der Waals surface area (Å²) < 4.78 is 20.8. The van der Waals surface area contributed by atoms with E-state index in [0.29, 0.717) is 6.61 Å². The Morgan fingerprint density at radius 1 is 0.840 bits per heavy atom. The van der Waals surface area contributed by atoms with Gasteiger partial charge in [-0.3, -0.25) is 0 Å². The molecule has 0 aliphatic rings. The van der Waals surface area contributed by atoms with E-state index in [9.17, 15) is 9.59 Å². The van der Waals surface area contributed by atoms with Crippen LogP contribution in [0.1, 0.15) is 20.8 Å². The van der Waals surface area contributed by atoms with Crippen molar-refractivity contribution in [3.63, 3.8) is 0 Å². The van der Waals surface area contributed by atoms with Gasteiger partial charge in [0.25, 0.3) is 0 Å². The predicted octanol–water partition coefficient (Wildman–Crippen LogP) is 0.615. The highest BCUT2D eigenvalue weighted by molar-refractivity contribution is 5.81. The molecule has 2 N–H and O–H groups in total. The third kappa shape index (κ3) is 18.4. The van der Waals surface area contributed by atoms with Crippen LogP contribution in [-0.2, 0) is 28.5 Å². The van der Waals surface area contributed by atoms with Crippen LogP contribution in [0.2, 0.25) is 0 Å². The fraction of sp³-hybridized carbons (Fsp3) is 0.647. The predicted molar refractivity (Wildman–Crippen MR) is 91.9 cm³/mol. The van der Waals surface area contributed by atoms with Crippen molar-refractivity contribution in [3.05, 3.63) is 25.3 Å². The maximum absolute atomic E-state index is 11.0. The molecule has 25 heavy (non-hydrogen) atoms. The zero-order valence-corrected chi connectivity index (χ0v) is 15.2. The van der Waals surface area contributed by atoms with Crippen LogP contribution in [0.5, 0.6) is 0 Å². The fourth-order valence-electron chi connectivity index (χ4n) is 1.23. The molecule has 0 aromatic carbocycles. The molecule has 3 atom stereocenters. The monoisotopic (exact) mass is 362 g/mol. The Labute approximate surface area is 149 Å². The van der Waals surface area contributed by atoms with Gasteiger partial charge in [0.1, 0.15) is 12.7 Å². The quantitative estimate of drug-likeness (QED) is 0.384. The summed E-state index contributed by atoms with van der Waals surface area (Å²) in [6, 6.07) is 0. The van der Waals surface area contributed by atoms with E-state index in [1.807, 2.05) is 6.92 Å². The normalized spacial score (nSPS) is 13.5. The molecule has 8 heteroatoms. The molecule has 0 aromatic heterocycles. The van der Waals surface area contributed by atoms with Gasteiger partial charge in [-0.2, -0.15) is 0 Å². The molecule has 8 nitrogen and oxygen atoms in total. The van der Waals surface area contributed by atoms with Crippen LogP contribution in [0.15, 0.2) is 25.3 Å². The maximum Gasteiger partial charge on any atom is 0.330 e. The lowest BCUT2D eigenvalue weighted by Crippen LogP contribution is -2.27. The van der Waals surface area contributed by atoms with Crippen LogP contribution in [-0.4, -0.2) is 73.5 Å². The molecular weight excluding hydrogens is 332 g/mol. The Morgan fingerprint density at radius 3 is 1.72 bits per heavy atom. The van der Waals surface area contributed by atoms with Crippen LogP contribution in [0.25, 0.3) is 0 Å². The number of rotatable bonds is 12. The fourth-order valence-corrected chi connectivity index (χ4v) is 1.23. The molecule has 0 aliphatic heterocycles. The van der Waals surface area contributed by atoms with Gasteiger partial charge < -0.3 is 29.2 Å². The van der Waals surface area contributed by atoms with Crippen LogP contribution in [0, 0.1) is 0 Å². The summed E-state index contributed by atoms with van der Waals surface area (Å²) in [6.45, 7) is 12.5. The number of ether oxygens (including phenoxy) is 4. The van der Waals surface area contributed by atoms with E-state index in [1.165, 1.54) is 0 Å². The van der Waals surface area contributed by atoms with Crippen molar-refractivity contribution in [3.8, 4) is 0 Å². The lowest BCUT2D eigenvalue weighted by atomic mass is 10.4. The molecule has 146 valence electrons. The van der Waals surface area contributed by atoms with Crippen LogP contribution < -0.4 is 0 Å². The molecule has 0 aliphatic carbocycles. The van der Waals surface area contributed by atoms with Crippen molar-refractivity contribution in [1.29, 1.82) is 0 Å². The average molecular weight is 362 g/mol. The first-order chi connectivity index (χ1) is 11.8. The van der Waals surface area contributed by atoms with E-state index in [4.69, 9.17) is 29.2 Å². The van der Waals surface area contributed by atoms with Crippen molar-refractivity contribution in [2.45, 2.75) is 39.1 Å². The standard InChI is InChI=1S/C15H24O6.C2H6O2/c1-6-14(16)20-9-12(4)18-8-11(3)19-10-13(5)21-15(17)7-2;3-1-2-4/h6-7,11-13H,1-2,8-10H2,3-5H3;3-4H,1-2H2. The summed E-state index contributed by atoms with van der Waals surface area (Å²) in [7, 11) is 0. The topological polar surface area (TPSA) is 112 Å². The first-order valence-corrected chi connectivity index (χ1v) is 7.87. The number of hydrogen-bond donors (Lipinski definition) is 2. The van der Waals surface area contributed by atoms with Gasteiger partial charge >= 0.3 is 11.9 Å². The number of esters is 2. The molecule has 0 aromatic rings. The van der Waals surface area contributed by atoms with E-state index in [0.717, 1.165) is 12.2 Å². The molecule has 0 fully saturated rings. The molecule has 0 radical (unpaired) electrons. The Hall–Kier alpha value is -1.74. The minimum absolute atomic E-state index is 0.125. The highest BCUT2D eigenvalue weighted by Gasteiger charge is 2.12. The van der Waals surface area contributed by atoms with Crippen LogP contribution >= 0.6 is 0 Å². The average Bonchev–Trinajstić information content (AvgIpc) is 2.62. The molecule has 0 spiro atoms. The smallest absolute Gasteiger partial charge is 0.330 e. The molecule has 3 unspecified atom stereocenters. The van der Waals surface area contributed by atoms with Gasteiger partial charge in [-0.1, -0.05) is 13.2 Å². The lowest BCUT2D eigenvalue weighted by molar-refractivity contribution is -0.148. The van der Waals surface area contributed by atoms with E-state index >= 15 is 0 Å². The summed E-state index contributed by atoms with van der Waals surface area (Å²) in [5.74, 6) is -0.958. The molecular formula is C17H30O8. The van der Waals surface area contributed by atoms with Crippen molar-refractivity contribution < 1.29 is 38.7 Å². The molecule has 0 saturated heterocycles. The Balaban J connectivity index is 0.